The van der Waals surface area contributed by atoms with Crippen molar-refractivity contribution in [3.8, 4) is 22.1 Å². The topological polar surface area (TPSA) is 90.4 Å². The molecular weight excluding hydrogens is 553 g/mol. The van der Waals surface area contributed by atoms with Crippen LogP contribution in [0.2, 0.25) is 0 Å². The van der Waals surface area contributed by atoms with Crippen LogP contribution in [0.25, 0.3) is 20.8 Å². The number of nitrogens with zero attached hydrogens (tertiary/aromatic N) is 2. The molecule has 1 aliphatic carbocycles. The highest BCUT2D eigenvalue weighted by molar-refractivity contribution is 7.22. The molecule has 4 aromatic rings. The van der Waals surface area contributed by atoms with Gasteiger partial charge in [-0.05, 0) is 67.1 Å². The summed E-state index contributed by atoms with van der Waals surface area (Å²) in [6.45, 7) is 3.92. The lowest BCUT2D eigenvalue weighted by molar-refractivity contribution is -0.118. The minimum Gasteiger partial charge on any atom is -0.457 e. The maximum atomic E-state index is 14.8. The van der Waals surface area contributed by atoms with E-state index in [-0.39, 0.29) is 18.0 Å². The summed E-state index contributed by atoms with van der Waals surface area (Å²) in [7, 11) is 1.22. The Morgan fingerprint density at radius 2 is 1.88 bits per heavy atom. The van der Waals surface area contributed by atoms with Gasteiger partial charge in [-0.2, -0.15) is 0 Å². The number of fused-ring (bicyclic) bond motifs is 1. The second-order valence-corrected chi connectivity index (χ2v) is 10.9. The maximum absolute atomic E-state index is 14.8. The van der Waals surface area contributed by atoms with Crippen molar-refractivity contribution in [2.45, 2.75) is 45.6 Å². The van der Waals surface area contributed by atoms with Crippen LogP contribution in [0.5, 0.6) is 11.5 Å². The molecule has 1 aromatic carbocycles. The number of nitrogens with one attached hydrogen (secondary N) is 1. The predicted octanol–water partition coefficient (Wildman–Crippen LogP) is 7.69. The molecule has 1 saturated carbocycles. The fourth-order valence-corrected chi connectivity index (χ4v) is 5.05. The van der Waals surface area contributed by atoms with Crippen LogP contribution < -0.4 is 10.1 Å². The Bertz CT molecular complexity index is 1460. The lowest BCUT2D eigenvalue weighted by Crippen LogP contribution is -2.13. The van der Waals surface area contributed by atoms with Gasteiger partial charge < -0.3 is 14.8 Å². The molecule has 7 nitrogen and oxygen atoms in total. The van der Waals surface area contributed by atoms with Crippen molar-refractivity contribution in [2.24, 2.45) is 5.92 Å². The molecule has 0 amide bonds. The first-order chi connectivity index (χ1) is 19.4. The van der Waals surface area contributed by atoms with E-state index in [1.54, 1.807) is 24.4 Å². The highest BCUT2D eigenvalue weighted by atomic mass is 35.5. The van der Waals surface area contributed by atoms with Crippen molar-refractivity contribution in [3.05, 3.63) is 71.8 Å². The van der Waals surface area contributed by atoms with Crippen LogP contribution in [-0.2, 0) is 22.5 Å². The first kappa shape index (κ1) is 29.6. The Kier molecular flexibility index (Phi) is 10.6. The van der Waals surface area contributed by atoms with Gasteiger partial charge in [0.1, 0.15) is 11.5 Å². The highest BCUT2D eigenvalue weighted by Crippen LogP contribution is 2.39. The van der Waals surface area contributed by atoms with Gasteiger partial charge in [-0.25, -0.2) is 9.18 Å². The zero-order valence-electron chi connectivity index (χ0n) is 22.4. The molecule has 40 heavy (non-hydrogen) atoms. The average Bonchev–Trinajstić information content (AvgIpc) is 3.64. The number of methoxy groups -OCH3 is 1. The molecule has 0 atom stereocenters. The maximum Gasteiger partial charge on any atom is 0.403 e. The number of ketones is 1. The number of aromatic nitrogens is 2. The fourth-order valence-electron chi connectivity index (χ4n) is 4.01. The first-order valence-corrected chi connectivity index (χ1v) is 14.3. The van der Waals surface area contributed by atoms with Gasteiger partial charge in [0.2, 0.25) is 0 Å². The molecule has 0 aliphatic heterocycles. The van der Waals surface area contributed by atoms with Crippen LogP contribution in [0.3, 0.4) is 0 Å². The van der Waals surface area contributed by atoms with Gasteiger partial charge in [-0.3, -0.25) is 14.8 Å². The van der Waals surface area contributed by atoms with Gasteiger partial charge in [0.05, 0.1) is 27.9 Å². The van der Waals surface area contributed by atoms with Crippen molar-refractivity contribution >= 4 is 44.4 Å². The zero-order valence-corrected chi connectivity index (χ0v) is 24.0. The van der Waals surface area contributed by atoms with Gasteiger partial charge in [-0.1, -0.05) is 19.1 Å². The van der Waals surface area contributed by atoms with Crippen LogP contribution in [0.1, 0.15) is 43.7 Å². The molecule has 0 spiro atoms. The van der Waals surface area contributed by atoms with Crippen LogP contribution in [0.15, 0.2) is 54.9 Å². The van der Waals surface area contributed by atoms with E-state index in [0.29, 0.717) is 23.7 Å². The smallest absolute Gasteiger partial charge is 0.403 e. The molecular formula is C30H31ClFN3O4S. The minimum absolute atomic E-state index is 0.132. The SMILES string of the molecule is CCCNCc1ccc(-c2cc3nccc(Oc4ccc(CC(=O)CC5CC5)cc4F)c3s2)nc1.COC(=O)Cl. The van der Waals surface area contributed by atoms with Crippen LogP contribution in [0.4, 0.5) is 9.18 Å². The monoisotopic (exact) mass is 583 g/mol. The summed E-state index contributed by atoms with van der Waals surface area (Å²) in [5.41, 5.74) is 2.69. The fraction of sp³-hybridized carbons (Fsp3) is 0.333. The van der Waals surface area contributed by atoms with E-state index in [0.717, 1.165) is 58.7 Å². The second kappa shape index (κ2) is 14.3. The number of pyridine rings is 2. The Hall–Kier alpha value is -3.40. The summed E-state index contributed by atoms with van der Waals surface area (Å²) < 4.78 is 25.5. The summed E-state index contributed by atoms with van der Waals surface area (Å²) in [4.78, 5) is 31.5. The Labute approximate surface area is 241 Å². The van der Waals surface area contributed by atoms with Crippen molar-refractivity contribution < 1.29 is 23.5 Å². The zero-order chi connectivity index (χ0) is 28.5. The van der Waals surface area contributed by atoms with Crippen LogP contribution >= 0.6 is 22.9 Å². The van der Waals surface area contributed by atoms with Crippen molar-refractivity contribution in [3.63, 3.8) is 0 Å². The number of Topliss-reactive ketones (excluding diaryl/α,β-unsaturated/α-hetero) is 1. The van der Waals surface area contributed by atoms with Crippen molar-refractivity contribution in [2.75, 3.05) is 13.7 Å². The number of halogens is 2. The van der Waals surface area contributed by atoms with E-state index in [9.17, 15) is 14.0 Å². The number of carbonyl (C=O) groups is 2. The molecule has 0 bridgehead atoms. The molecule has 1 aliphatic rings. The summed E-state index contributed by atoms with van der Waals surface area (Å²) in [5, 5.41) is 3.38. The summed E-state index contributed by atoms with van der Waals surface area (Å²) in [5.74, 6) is 0.908. The molecule has 3 heterocycles. The molecule has 3 aromatic heterocycles. The third-order valence-corrected chi connectivity index (χ3v) is 7.52. The summed E-state index contributed by atoms with van der Waals surface area (Å²) >= 11 is 6.12. The largest absolute Gasteiger partial charge is 0.457 e. The van der Waals surface area contributed by atoms with E-state index >= 15 is 0 Å². The third kappa shape index (κ3) is 8.55. The number of ether oxygens (including phenoxy) is 2. The van der Waals surface area contributed by atoms with Crippen LogP contribution in [0, 0.1) is 11.7 Å². The van der Waals surface area contributed by atoms with Crippen molar-refractivity contribution in [1.29, 1.82) is 0 Å². The van der Waals surface area contributed by atoms with Crippen molar-refractivity contribution in [1.82, 2.24) is 15.3 Å². The molecule has 0 saturated heterocycles. The highest BCUT2D eigenvalue weighted by Gasteiger charge is 2.24. The molecule has 5 rings (SSSR count). The van der Waals surface area contributed by atoms with E-state index in [2.05, 4.69) is 44.6 Å². The predicted molar refractivity (Wildman–Crippen MR) is 156 cm³/mol. The number of thiophene rings is 1. The quantitative estimate of drug-likeness (QED) is 0.143. The normalized spacial score (nSPS) is 12.5. The van der Waals surface area contributed by atoms with E-state index in [1.165, 1.54) is 24.5 Å². The molecule has 1 fully saturated rings. The second-order valence-electron chi connectivity index (χ2n) is 9.53. The molecule has 0 unspecified atom stereocenters. The van der Waals surface area contributed by atoms with Gasteiger partial charge >= 0.3 is 5.43 Å². The minimum atomic E-state index is -0.773. The van der Waals surface area contributed by atoms with Gasteiger partial charge in [0.25, 0.3) is 0 Å². The average molecular weight is 584 g/mol. The molecule has 210 valence electrons. The molecule has 1 N–H and O–H groups in total. The lowest BCUT2D eigenvalue weighted by Gasteiger charge is -2.09. The number of hydrogen-bond donors (Lipinski definition) is 1. The first-order valence-electron chi connectivity index (χ1n) is 13.1. The Balaban J connectivity index is 0.000000681. The lowest BCUT2D eigenvalue weighted by atomic mass is 10.0. The van der Waals surface area contributed by atoms with Gasteiger partial charge in [-0.15, -0.1) is 11.3 Å². The van der Waals surface area contributed by atoms with Gasteiger partial charge in [0, 0.05) is 49.4 Å². The van der Waals surface area contributed by atoms with Crippen LogP contribution in [-0.4, -0.2) is 34.8 Å². The van der Waals surface area contributed by atoms with E-state index < -0.39 is 11.2 Å². The van der Waals surface area contributed by atoms with E-state index in [1.807, 2.05) is 18.3 Å². The third-order valence-electron chi connectivity index (χ3n) is 6.20. The van der Waals surface area contributed by atoms with Gasteiger partial charge in [0.15, 0.2) is 11.6 Å². The number of rotatable bonds is 11. The number of carbonyl (C=O) groups excluding carboxylic acids is 2. The number of benzene rings is 1. The number of hydrogen-bond acceptors (Lipinski definition) is 8. The molecule has 0 radical (unpaired) electrons. The summed E-state index contributed by atoms with van der Waals surface area (Å²) in [6.07, 6.45) is 7.78. The molecule has 10 heteroatoms. The summed E-state index contributed by atoms with van der Waals surface area (Å²) in [6, 6.07) is 12.6. The Morgan fingerprint density at radius 3 is 2.52 bits per heavy atom. The Morgan fingerprint density at radius 1 is 1.10 bits per heavy atom. The standard InChI is InChI=1S/C28H28FN3O2S.C2H3ClO2/c1-2-10-30-16-20-5-7-23(32-17-20)27-15-24-28(35-27)26(9-11-31-24)34-25-8-6-19(14-22(25)29)13-21(33)12-18-3-4-18;1-5-2(3)4/h5-9,11,14-15,17-18,30H,2-4,10,12-13,16H2,1H3;1H3. The van der Waals surface area contributed by atoms with E-state index in [4.69, 9.17) is 4.74 Å².